The van der Waals surface area contributed by atoms with Crippen molar-refractivity contribution < 1.29 is 32.2 Å². The summed E-state index contributed by atoms with van der Waals surface area (Å²) < 4.78 is 64.7. The molecule has 4 aromatic rings. The Morgan fingerprint density at radius 2 is 1.91 bits per heavy atom. The van der Waals surface area contributed by atoms with E-state index in [0.29, 0.717) is 47.7 Å². The number of alkyl halides is 3. The number of aryl methyl sites for hydroxylation is 1. The molecule has 0 radical (unpaired) electrons. The molecule has 1 saturated carbocycles. The first-order valence-electron chi connectivity index (χ1n) is 14.3. The molecule has 1 aliphatic carbocycles. The van der Waals surface area contributed by atoms with E-state index in [9.17, 15) is 27.5 Å². The van der Waals surface area contributed by atoms with E-state index in [2.05, 4.69) is 20.5 Å². The van der Waals surface area contributed by atoms with Crippen LogP contribution in [0.3, 0.4) is 0 Å². The van der Waals surface area contributed by atoms with Gasteiger partial charge >= 0.3 is 6.18 Å². The quantitative estimate of drug-likeness (QED) is 0.246. The first-order chi connectivity index (χ1) is 21.0. The summed E-state index contributed by atoms with van der Waals surface area (Å²) in [6.45, 7) is 1.84. The van der Waals surface area contributed by atoms with Crippen LogP contribution in [0.25, 0.3) is 22.5 Å². The van der Waals surface area contributed by atoms with E-state index >= 15 is 0 Å². The molecule has 0 unspecified atom stereocenters. The molecular weight excluding hydrogens is 580 g/mol. The number of hydrogen-bond donors (Lipinski definition) is 2. The molecule has 6 rings (SSSR count). The number of hydrogen-bond acceptors (Lipinski definition) is 7. The highest BCUT2D eigenvalue weighted by Crippen LogP contribution is 2.41. The van der Waals surface area contributed by atoms with Gasteiger partial charge in [0.05, 0.1) is 30.9 Å². The first-order valence-corrected chi connectivity index (χ1v) is 14.3. The minimum Gasteiger partial charge on any atom is -0.390 e. The van der Waals surface area contributed by atoms with E-state index in [0.717, 1.165) is 12.5 Å². The maximum absolute atomic E-state index is 14.4. The molecule has 2 aliphatic rings. The lowest BCUT2D eigenvalue weighted by Crippen LogP contribution is -2.24. The fraction of sp³-hybridized carbons (Fsp3) is 0.355. The number of halogens is 4. The number of benzene rings is 2. The zero-order chi connectivity index (χ0) is 31.2. The van der Waals surface area contributed by atoms with Gasteiger partial charge in [-0.15, -0.1) is 10.2 Å². The number of fused-ring (bicyclic) bond motifs is 1. The van der Waals surface area contributed by atoms with Crippen LogP contribution < -0.4 is 10.2 Å². The molecule has 1 fully saturated rings. The predicted octanol–water partition coefficient (Wildman–Crippen LogP) is 5.72. The van der Waals surface area contributed by atoms with Crippen molar-refractivity contribution in [2.75, 3.05) is 16.8 Å². The Kier molecular flexibility index (Phi) is 7.84. The van der Waals surface area contributed by atoms with Crippen LogP contribution in [0.2, 0.25) is 0 Å². The van der Waals surface area contributed by atoms with Crippen molar-refractivity contribution >= 4 is 17.5 Å². The number of aliphatic hydroxyl groups excluding tert-OH is 1. The molecule has 13 heteroatoms. The highest BCUT2D eigenvalue weighted by molar-refractivity contribution is 6.10. The summed E-state index contributed by atoms with van der Waals surface area (Å²) in [6, 6.07) is 9.95. The van der Waals surface area contributed by atoms with Gasteiger partial charge in [0.1, 0.15) is 23.8 Å². The number of carbonyl (C=O) groups is 1. The van der Waals surface area contributed by atoms with E-state index in [4.69, 9.17) is 4.74 Å². The maximum Gasteiger partial charge on any atom is 0.416 e. The Balaban J connectivity index is 1.40. The third-order valence-electron chi connectivity index (χ3n) is 7.98. The molecule has 9 nitrogen and oxygen atoms in total. The number of anilines is 2. The lowest BCUT2D eigenvalue weighted by molar-refractivity contribution is -0.138. The highest BCUT2D eigenvalue weighted by Gasteiger charge is 2.41. The largest absolute Gasteiger partial charge is 0.416 e. The predicted molar refractivity (Wildman–Crippen MR) is 154 cm³/mol. The number of aromatic nitrogens is 4. The number of carbonyl (C=O) groups excluding carboxylic acids is 1. The van der Waals surface area contributed by atoms with Crippen LogP contribution in [0.15, 0.2) is 48.8 Å². The zero-order valence-corrected chi connectivity index (χ0v) is 24.0. The summed E-state index contributed by atoms with van der Waals surface area (Å²) in [5.74, 6) is -0.194. The third kappa shape index (κ3) is 5.64. The maximum atomic E-state index is 14.4. The van der Waals surface area contributed by atoms with E-state index in [1.54, 1.807) is 29.8 Å². The second kappa shape index (κ2) is 11.6. The standard InChI is InChI=1S/C31H30F4N6O3/c1-3-36-27-11-18(20-8-7-19(32)13-21(20)29-39-37-16-40(29)2)12-28(38-27)41-14-23-22(30(41)43)9-17(10-24(23)31(33,34)35)15-44-26-6-4-5-25(26)42/h7-13,16,25-26,42H,3-6,14-15H2,1-2H3,(H,36,38)/t25-,26+/m0/s1. The van der Waals surface area contributed by atoms with Gasteiger partial charge in [-0.25, -0.2) is 9.37 Å². The zero-order valence-electron chi connectivity index (χ0n) is 24.0. The van der Waals surface area contributed by atoms with Crippen molar-refractivity contribution in [2.45, 2.75) is 57.7 Å². The molecule has 3 heterocycles. The molecule has 0 bridgehead atoms. The van der Waals surface area contributed by atoms with Crippen LogP contribution in [0.5, 0.6) is 0 Å². The van der Waals surface area contributed by atoms with Crippen molar-refractivity contribution in [1.82, 2.24) is 19.7 Å². The van der Waals surface area contributed by atoms with E-state index in [-0.39, 0.29) is 35.7 Å². The molecule has 0 saturated heterocycles. The van der Waals surface area contributed by atoms with E-state index in [1.807, 2.05) is 6.92 Å². The van der Waals surface area contributed by atoms with E-state index < -0.39 is 35.7 Å². The van der Waals surface area contributed by atoms with Gasteiger partial charge in [-0.1, -0.05) is 6.07 Å². The van der Waals surface area contributed by atoms with Crippen molar-refractivity contribution in [2.24, 2.45) is 7.05 Å². The second-order valence-electron chi connectivity index (χ2n) is 11.0. The molecule has 2 aromatic heterocycles. The van der Waals surface area contributed by atoms with Gasteiger partial charge in [-0.05, 0) is 84.8 Å². The fourth-order valence-corrected chi connectivity index (χ4v) is 5.86. The number of aliphatic hydroxyl groups is 1. The number of nitrogens with one attached hydrogen (secondary N) is 1. The number of amides is 1. The van der Waals surface area contributed by atoms with Crippen LogP contribution in [0, 0.1) is 5.82 Å². The Morgan fingerprint density at radius 1 is 1.09 bits per heavy atom. The van der Waals surface area contributed by atoms with Gasteiger partial charge in [0.25, 0.3) is 5.91 Å². The molecule has 2 aromatic carbocycles. The van der Waals surface area contributed by atoms with Gasteiger partial charge in [0, 0.05) is 24.7 Å². The van der Waals surface area contributed by atoms with Gasteiger partial charge in [-0.2, -0.15) is 13.2 Å². The SMILES string of the molecule is CCNc1cc(-c2ccc(F)cc2-c2nncn2C)cc(N2Cc3c(cc(CO[C@@H]4CCC[C@@H]4O)cc3C(F)(F)F)C2=O)n1. The third-order valence-corrected chi connectivity index (χ3v) is 7.98. The fourth-order valence-electron chi connectivity index (χ4n) is 5.86. The molecule has 230 valence electrons. The van der Waals surface area contributed by atoms with Crippen LogP contribution >= 0.6 is 0 Å². The number of ether oxygens (including phenoxy) is 1. The monoisotopic (exact) mass is 610 g/mol. The summed E-state index contributed by atoms with van der Waals surface area (Å²) in [5.41, 5.74) is 0.613. The van der Waals surface area contributed by atoms with E-state index in [1.165, 1.54) is 29.4 Å². The molecule has 2 N–H and O–H groups in total. The molecular formula is C31H30F4N6O3. The minimum atomic E-state index is -4.72. The highest BCUT2D eigenvalue weighted by atomic mass is 19.4. The Hall–Kier alpha value is -4.36. The minimum absolute atomic E-state index is 0.0795. The lowest BCUT2D eigenvalue weighted by atomic mass is 9.99. The molecule has 0 spiro atoms. The van der Waals surface area contributed by atoms with Crippen molar-refractivity contribution in [3.63, 3.8) is 0 Å². The van der Waals surface area contributed by atoms with Gasteiger partial charge in [0.2, 0.25) is 0 Å². The topological polar surface area (TPSA) is 105 Å². The second-order valence-corrected chi connectivity index (χ2v) is 11.0. The summed E-state index contributed by atoms with van der Waals surface area (Å²) in [6.07, 6.45) is -2.38. The van der Waals surface area contributed by atoms with Crippen molar-refractivity contribution in [3.05, 3.63) is 76.9 Å². The van der Waals surface area contributed by atoms with Crippen molar-refractivity contribution in [3.8, 4) is 22.5 Å². The molecule has 2 atom stereocenters. The summed E-state index contributed by atoms with van der Waals surface area (Å²) in [5, 5.41) is 21.2. The molecule has 1 aliphatic heterocycles. The number of rotatable bonds is 8. The average molecular weight is 611 g/mol. The molecule has 1 amide bonds. The number of nitrogens with zero attached hydrogens (tertiary/aromatic N) is 5. The normalized spacial score (nSPS) is 18.2. The first kappa shape index (κ1) is 29.7. The van der Waals surface area contributed by atoms with Crippen LogP contribution in [-0.2, 0) is 31.1 Å². The lowest BCUT2D eigenvalue weighted by Gasteiger charge is -2.19. The van der Waals surface area contributed by atoms with Crippen molar-refractivity contribution in [1.29, 1.82) is 0 Å². The van der Waals surface area contributed by atoms with Crippen LogP contribution in [0.1, 0.15) is 53.2 Å². The van der Waals surface area contributed by atoms with Gasteiger partial charge in [-0.3, -0.25) is 9.69 Å². The summed E-state index contributed by atoms with van der Waals surface area (Å²) >= 11 is 0. The average Bonchev–Trinajstić information content (AvgIpc) is 3.69. The Morgan fingerprint density at radius 3 is 2.59 bits per heavy atom. The van der Waals surface area contributed by atoms with Crippen LogP contribution in [-0.4, -0.2) is 49.5 Å². The smallest absolute Gasteiger partial charge is 0.390 e. The van der Waals surface area contributed by atoms with Crippen LogP contribution in [0.4, 0.5) is 29.2 Å². The number of pyridine rings is 1. The molecule has 44 heavy (non-hydrogen) atoms. The Bertz CT molecular complexity index is 1720. The Labute approximate surface area is 250 Å². The summed E-state index contributed by atoms with van der Waals surface area (Å²) in [7, 11) is 1.72. The van der Waals surface area contributed by atoms with Gasteiger partial charge in [0.15, 0.2) is 5.82 Å². The summed E-state index contributed by atoms with van der Waals surface area (Å²) in [4.78, 5) is 19.5. The van der Waals surface area contributed by atoms with Gasteiger partial charge < -0.3 is 19.7 Å².